The molecule has 0 saturated heterocycles. The third kappa shape index (κ3) is 6.06. The van der Waals surface area contributed by atoms with Gasteiger partial charge in [-0.05, 0) is 60.7 Å². The van der Waals surface area contributed by atoms with Crippen LogP contribution < -0.4 is 9.44 Å². The van der Waals surface area contributed by atoms with E-state index in [4.69, 9.17) is 23.2 Å². The molecule has 0 aromatic heterocycles. The topological polar surface area (TPSA) is 109 Å². The molecule has 0 aliphatic heterocycles. The molecule has 0 bridgehead atoms. The smallest absolute Gasteiger partial charge is 0.261 e. The van der Waals surface area contributed by atoms with Crippen molar-refractivity contribution in [2.24, 2.45) is 0 Å². The number of hydrogen-bond donors (Lipinski definition) is 2. The highest BCUT2D eigenvalue weighted by Gasteiger charge is 2.20. The summed E-state index contributed by atoms with van der Waals surface area (Å²) in [5, 5.41) is 0.720. The van der Waals surface area contributed by atoms with E-state index in [-0.39, 0.29) is 32.3 Å². The summed E-state index contributed by atoms with van der Waals surface area (Å²) in [4.78, 5) is 12.9. The number of carbonyl (C=O) groups is 1. The average Bonchev–Trinajstić information content (AvgIpc) is 2.83. The monoisotopic (exact) mass is 560 g/mol. The van der Waals surface area contributed by atoms with Crippen molar-refractivity contribution in [1.29, 1.82) is 0 Å². The first-order valence-corrected chi connectivity index (χ1v) is 14.1. The maximum Gasteiger partial charge on any atom is 0.261 e. The Morgan fingerprint density at radius 1 is 0.556 bits per heavy atom. The normalized spacial score (nSPS) is 11.6. The quantitative estimate of drug-likeness (QED) is 0.263. The first kappa shape index (κ1) is 25.7. The number of rotatable bonds is 8. The minimum Gasteiger partial charge on any atom is -0.289 e. The lowest BCUT2D eigenvalue weighted by atomic mass is 10.0. The maximum atomic E-state index is 13.1. The molecule has 7 nitrogen and oxygen atoms in total. The second-order valence-corrected chi connectivity index (χ2v) is 11.9. The van der Waals surface area contributed by atoms with Crippen LogP contribution in [-0.4, -0.2) is 22.6 Å². The molecule has 4 rings (SSSR count). The van der Waals surface area contributed by atoms with Crippen molar-refractivity contribution in [3.63, 3.8) is 0 Å². The highest BCUT2D eigenvalue weighted by molar-refractivity contribution is 7.93. The summed E-state index contributed by atoms with van der Waals surface area (Å²) in [6, 6.07) is 23.3. The van der Waals surface area contributed by atoms with E-state index in [1.165, 1.54) is 60.7 Å². The van der Waals surface area contributed by atoms with Crippen molar-refractivity contribution in [2.75, 3.05) is 9.44 Å². The first-order valence-electron chi connectivity index (χ1n) is 10.4. The zero-order chi connectivity index (χ0) is 25.9. The van der Waals surface area contributed by atoms with Crippen molar-refractivity contribution in [1.82, 2.24) is 0 Å². The van der Waals surface area contributed by atoms with Crippen LogP contribution in [-0.2, 0) is 20.0 Å². The van der Waals surface area contributed by atoms with Crippen LogP contribution in [0.25, 0.3) is 0 Å². The van der Waals surface area contributed by atoms with Gasteiger partial charge in [-0.2, -0.15) is 0 Å². The molecule has 0 unspecified atom stereocenters. The van der Waals surface area contributed by atoms with Crippen LogP contribution >= 0.6 is 23.2 Å². The summed E-state index contributed by atoms with van der Waals surface area (Å²) in [7, 11) is -8.03. The molecule has 2 N–H and O–H groups in total. The largest absolute Gasteiger partial charge is 0.289 e. The summed E-state index contributed by atoms with van der Waals surface area (Å²) in [6.45, 7) is 0. The first-order chi connectivity index (χ1) is 17.0. The number of anilines is 2. The molecule has 0 heterocycles. The molecule has 0 fully saturated rings. The van der Waals surface area contributed by atoms with Gasteiger partial charge in [-0.1, -0.05) is 59.6 Å². The van der Waals surface area contributed by atoms with Gasteiger partial charge in [-0.3, -0.25) is 14.2 Å². The third-order valence-corrected chi connectivity index (χ3v) is 8.19. The van der Waals surface area contributed by atoms with Crippen molar-refractivity contribution in [3.8, 4) is 0 Å². The highest BCUT2D eigenvalue weighted by atomic mass is 35.5. The van der Waals surface area contributed by atoms with E-state index in [2.05, 4.69) is 9.44 Å². The van der Waals surface area contributed by atoms with Gasteiger partial charge in [-0.15, -0.1) is 0 Å². The lowest BCUT2D eigenvalue weighted by Gasteiger charge is -2.11. The SMILES string of the molecule is O=C(c1cccc(S(=O)(=O)Nc2cccc(Cl)c2)c1)c1cccc(S(=O)(=O)Nc2cccc(Cl)c2)c1. The molecule has 4 aromatic rings. The Morgan fingerprint density at radius 2 is 0.944 bits per heavy atom. The van der Waals surface area contributed by atoms with E-state index in [0.29, 0.717) is 10.0 Å². The summed E-state index contributed by atoms with van der Waals surface area (Å²) in [5.41, 5.74) is 0.677. The number of sulfonamides is 2. The second kappa shape index (κ2) is 10.3. The summed E-state index contributed by atoms with van der Waals surface area (Å²) < 4.78 is 56.2. The fraction of sp³-hybridized carbons (Fsp3) is 0. The second-order valence-electron chi connectivity index (χ2n) is 7.62. The van der Waals surface area contributed by atoms with E-state index in [1.54, 1.807) is 36.4 Å². The summed E-state index contributed by atoms with van der Waals surface area (Å²) >= 11 is 11.8. The van der Waals surface area contributed by atoms with E-state index in [1.807, 2.05) is 0 Å². The van der Waals surface area contributed by atoms with Crippen LogP contribution in [0.15, 0.2) is 107 Å². The number of carbonyl (C=O) groups excluding carboxylic acids is 1. The predicted molar refractivity (Wildman–Crippen MR) is 141 cm³/mol. The Morgan fingerprint density at radius 3 is 1.33 bits per heavy atom. The van der Waals surface area contributed by atoms with Gasteiger partial charge in [0.2, 0.25) is 0 Å². The number of nitrogens with one attached hydrogen (secondary N) is 2. The molecule has 184 valence electrons. The molecular formula is C25H18Cl2N2O5S2. The lowest BCUT2D eigenvalue weighted by Crippen LogP contribution is -2.15. The number of halogens is 2. The van der Waals surface area contributed by atoms with Crippen molar-refractivity contribution >= 4 is 60.4 Å². The predicted octanol–water partition coefficient (Wildman–Crippen LogP) is 5.83. The van der Waals surface area contributed by atoms with Gasteiger partial charge in [0.25, 0.3) is 20.0 Å². The van der Waals surface area contributed by atoms with E-state index >= 15 is 0 Å². The van der Waals surface area contributed by atoms with Crippen LogP contribution in [0.1, 0.15) is 15.9 Å². The number of benzene rings is 4. The fourth-order valence-electron chi connectivity index (χ4n) is 3.31. The van der Waals surface area contributed by atoms with Gasteiger partial charge in [-0.25, -0.2) is 16.8 Å². The molecule has 0 amide bonds. The molecule has 0 aliphatic carbocycles. The van der Waals surface area contributed by atoms with Crippen LogP contribution in [0.3, 0.4) is 0 Å². The molecule has 0 radical (unpaired) electrons. The third-order valence-electron chi connectivity index (χ3n) is 4.97. The van der Waals surface area contributed by atoms with Gasteiger partial charge < -0.3 is 0 Å². The molecule has 11 heteroatoms. The Kier molecular flexibility index (Phi) is 7.37. The zero-order valence-corrected chi connectivity index (χ0v) is 21.5. The van der Waals surface area contributed by atoms with Crippen LogP contribution in [0, 0.1) is 0 Å². The molecule has 0 spiro atoms. The fourth-order valence-corrected chi connectivity index (χ4v) is 5.88. The van der Waals surface area contributed by atoms with E-state index in [9.17, 15) is 21.6 Å². The minimum atomic E-state index is -4.02. The van der Waals surface area contributed by atoms with Gasteiger partial charge in [0, 0.05) is 21.2 Å². The van der Waals surface area contributed by atoms with Crippen LogP contribution in [0.2, 0.25) is 10.0 Å². The summed E-state index contributed by atoms with van der Waals surface area (Å²) in [5.74, 6) is -0.547. The van der Waals surface area contributed by atoms with Crippen molar-refractivity contribution in [2.45, 2.75) is 9.79 Å². The maximum absolute atomic E-state index is 13.1. The molecule has 4 aromatic carbocycles. The Bertz CT molecular complexity index is 1550. The Hall–Kier alpha value is -3.37. The van der Waals surface area contributed by atoms with Gasteiger partial charge in [0.1, 0.15) is 0 Å². The highest BCUT2D eigenvalue weighted by Crippen LogP contribution is 2.23. The number of ketones is 1. The average molecular weight is 561 g/mol. The molecule has 0 atom stereocenters. The lowest BCUT2D eigenvalue weighted by molar-refractivity contribution is 0.103. The Balaban J connectivity index is 1.60. The minimum absolute atomic E-state index is 0.0707. The molecular weight excluding hydrogens is 543 g/mol. The van der Waals surface area contributed by atoms with Crippen molar-refractivity contribution in [3.05, 3.63) is 118 Å². The zero-order valence-electron chi connectivity index (χ0n) is 18.4. The summed E-state index contributed by atoms with van der Waals surface area (Å²) in [6.07, 6.45) is 0. The van der Waals surface area contributed by atoms with Crippen LogP contribution in [0.4, 0.5) is 11.4 Å². The molecule has 36 heavy (non-hydrogen) atoms. The number of hydrogen-bond acceptors (Lipinski definition) is 5. The van der Waals surface area contributed by atoms with Gasteiger partial charge in [0.15, 0.2) is 5.78 Å². The van der Waals surface area contributed by atoms with E-state index in [0.717, 1.165) is 0 Å². The van der Waals surface area contributed by atoms with Crippen LogP contribution in [0.5, 0.6) is 0 Å². The molecule has 0 aliphatic rings. The van der Waals surface area contributed by atoms with Gasteiger partial charge >= 0.3 is 0 Å². The van der Waals surface area contributed by atoms with Crippen molar-refractivity contribution < 1.29 is 21.6 Å². The van der Waals surface area contributed by atoms with Gasteiger partial charge in [0.05, 0.1) is 21.2 Å². The Labute approximate surface area is 218 Å². The van der Waals surface area contributed by atoms with E-state index < -0.39 is 25.8 Å². The molecule has 0 saturated carbocycles. The standard InChI is InChI=1S/C25H18Cl2N2O5S2/c26-19-7-3-9-21(15-19)28-35(31,32)23-11-1-5-17(13-23)25(30)18-6-2-12-24(14-18)36(33,34)29-22-10-4-8-20(27)16-22/h1-16,28-29H.